The molecule has 10 heteroatoms. The van der Waals surface area contributed by atoms with Gasteiger partial charge in [0.15, 0.2) is 0 Å². The van der Waals surface area contributed by atoms with E-state index in [2.05, 4.69) is 27.0 Å². The van der Waals surface area contributed by atoms with Crippen molar-refractivity contribution < 1.29 is 13.8 Å². The first-order chi connectivity index (χ1) is 16.9. The third kappa shape index (κ3) is 4.55. The summed E-state index contributed by atoms with van der Waals surface area (Å²) in [6.07, 6.45) is 1.55. The molecule has 0 N–H and O–H groups in total. The van der Waals surface area contributed by atoms with Gasteiger partial charge in [0.05, 0.1) is 21.8 Å². The van der Waals surface area contributed by atoms with E-state index in [-0.39, 0.29) is 11.3 Å². The summed E-state index contributed by atoms with van der Waals surface area (Å²) in [4.78, 5) is 27.4. The first kappa shape index (κ1) is 22.5. The van der Waals surface area contributed by atoms with E-state index in [1.165, 1.54) is 23.5 Å². The van der Waals surface area contributed by atoms with E-state index in [9.17, 15) is 20.2 Å². The predicted octanol–water partition coefficient (Wildman–Crippen LogP) is 6.91. The molecule has 0 amide bonds. The second-order valence-electron chi connectivity index (χ2n) is 7.34. The van der Waals surface area contributed by atoms with Crippen LogP contribution >= 0.6 is 27.3 Å². The Hall–Kier alpha value is -4.33. The summed E-state index contributed by atoms with van der Waals surface area (Å²) < 4.78 is 12.1. The molecule has 0 aliphatic heterocycles. The molecule has 5 rings (SSSR count). The Labute approximate surface area is 209 Å². The Kier molecular flexibility index (Phi) is 5.86. The predicted molar refractivity (Wildman–Crippen MR) is 136 cm³/mol. The quantitative estimate of drug-likeness (QED) is 0.102. The highest BCUT2D eigenvalue weighted by Gasteiger charge is 2.15. The van der Waals surface area contributed by atoms with Gasteiger partial charge in [-0.15, -0.1) is 11.3 Å². The largest absolute Gasteiger partial charge is 0.457 e. The van der Waals surface area contributed by atoms with Crippen molar-refractivity contribution in [2.24, 2.45) is 0 Å². The summed E-state index contributed by atoms with van der Waals surface area (Å²) in [6, 6.07) is 18.6. The minimum atomic E-state index is -0.516. The van der Waals surface area contributed by atoms with Crippen LogP contribution in [0.15, 0.2) is 84.1 Å². The molecule has 3 heterocycles. The van der Waals surface area contributed by atoms with Gasteiger partial charge in [-0.05, 0) is 48.5 Å². The van der Waals surface area contributed by atoms with Crippen LogP contribution in [0.25, 0.3) is 45.2 Å². The Morgan fingerprint density at radius 1 is 1.11 bits per heavy atom. The number of nitro benzene ring substituents is 1. The van der Waals surface area contributed by atoms with Gasteiger partial charge in [0.1, 0.15) is 28.2 Å². The Bertz CT molecular complexity index is 1720. The van der Waals surface area contributed by atoms with Crippen molar-refractivity contribution >= 4 is 55.6 Å². The van der Waals surface area contributed by atoms with E-state index in [1.807, 2.05) is 6.07 Å². The molecular weight excluding hydrogens is 534 g/mol. The Balaban J connectivity index is 1.45. The van der Waals surface area contributed by atoms with Gasteiger partial charge < -0.3 is 8.83 Å². The number of nitro groups is 1. The van der Waals surface area contributed by atoms with Crippen LogP contribution in [0.1, 0.15) is 10.8 Å². The molecular formula is C25H12BrN3O5S. The van der Waals surface area contributed by atoms with Crippen LogP contribution in [0.5, 0.6) is 0 Å². The van der Waals surface area contributed by atoms with Crippen molar-refractivity contribution in [2.45, 2.75) is 0 Å². The lowest BCUT2D eigenvalue weighted by atomic mass is 10.1. The number of nitriles is 1. The summed E-state index contributed by atoms with van der Waals surface area (Å²) in [5.41, 5.74) is 1.58. The van der Waals surface area contributed by atoms with Crippen molar-refractivity contribution in [1.29, 1.82) is 5.26 Å². The fraction of sp³-hybridized carbons (Fsp3) is 0. The van der Waals surface area contributed by atoms with E-state index in [4.69, 9.17) is 8.83 Å². The van der Waals surface area contributed by atoms with Crippen LogP contribution in [0, 0.1) is 21.4 Å². The molecule has 0 radical (unpaired) electrons. The number of hydrogen-bond donors (Lipinski definition) is 0. The number of nitrogens with zero attached hydrogens (tertiary/aromatic N) is 3. The van der Waals surface area contributed by atoms with Crippen LogP contribution in [0.4, 0.5) is 5.69 Å². The van der Waals surface area contributed by atoms with Crippen LogP contribution in [-0.2, 0) is 0 Å². The highest BCUT2D eigenvalue weighted by Crippen LogP contribution is 2.30. The molecule has 0 bridgehead atoms. The van der Waals surface area contributed by atoms with Gasteiger partial charge in [-0.2, -0.15) is 5.26 Å². The van der Waals surface area contributed by atoms with Gasteiger partial charge in [-0.1, -0.05) is 15.9 Å². The monoisotopic (exact) mass is 545 g/mol. The highest BCUT2D eigenvalue weighted by molar-refractivity contribution is 9.10. The number of benzene rings is 2. The number of aromatic nitrogens is 1. The van der Waals surface area contributed by atoms with Gasteiger partial charge in [0, 0.05) is 39.0 Å². The molecule has 8 nitrogen and oxygen atoms in total. The van der Waals surface area contributed by atoms with Gasteiger partial charge >= 0.3 is 5.63 Å². The van der Waals surface area contributed by atoms with Crippen molar-refractivity contribution in [1.82, 2.24) is 4.98 Å². The highest BCUT2D eigenvalue weighted by atomic mass is 79.9. The second kappa shape index (κ2) is 9.13. The van der Waals surface area contributed by atoms with Gasteiger partial charge in [0.25, 0.3) is 5.69 Å². The standard InChI is InChI=1S/C25H12BrN3O5S/c26-17-3-7-23-15(9-17)11-20(25(30)34-23)21-13-35-24(28-21)16(12-27)10-19-6-8-22(33-19)14-1-4-18(5-2-14)29(31)32/h1-11,13H. The molecule has 0 aliphatic carbocycles. The zero-order chi connectivity index (χ0) is 24.5. The van der Waals surface area contributed by atoms with E-state index in [0.29, 0.717) is 38.9 Å². The number of allylic oxidation sites excluding steroid dienone is 1. The Morgan fingerprint density at radius 2 is 1.91 bits per heavy atom. The van der Waals surface area contributed by atoms with Gasteiger partial charge in [-0.3, -0.25) is 10.1 Å². The molecule has 0 spiro atoms. The maximum atomic E-state index is 12.5. The molecule has 35 heavy (non-hydrogen) atoms. The molecule has 0 saturated carbocycles. The molecule has 170 valence electrons. The molecule has 2 aromatic carbocycles. The number of non-ortho nitro benzene ring substituents is 1. The molecule has 5 aromatic rings. The molecule has 0 atom stereocenters. The lowest BCUT2D eigenvalue weighted by Crippen LogP contribution is -2.02. The average molecular weight is 546 g/mol. The van der Waals surface area contributed by atoms with E-state index >= 15 is 0 Å². The van der Waals surface area contributed by atoms with Gasteiger partial charge in [-0.25, -0.2) is 9.78 Å². The third-order valence-corrected chi connectivity index (χ3v) is 6.47. The maximum Gasteiger partial charge on any atom is 0.345 e. The first-order valence-electron chi connectivity index (χ1n) is 10.1. The number of thiazole rings is 1. The van der Waals surface area contributed by atoms with E-state index in [0.717, 1.165) is 9.86 Å². The third-order valence-electron chi connectivity index (χ3n) is 5.10. The van der Waals surface area contributed by atoms with E-state index in [1.54, 1.807) is 53.9 Å². The average Bonchev–Trinajstić information content (AvgIpc) is 3.52. The summed E-state index contributed by atoms with van der Waals surface area (Å²) in [6.45, 7) is 0. The fourth-order valence-electron chi connectivity index (χ4n) is 3.41. The molecule has 0 saturated heterocycles. The minimum Gasteiger partial charge on any atom is -0.457 e. The number of fused-ring (bicyclic) bond motifs is 1. The molecule has 0 unspecified atom stereocenters. The van der Waals surface area contributed by atoms with E-state index < -0.39 is 10.5 Å². The lowest BCUT2D eigenvalue weighted by molar-refractivity contribution is -0.384. The zero-order valence-corrected chi connectivity index (χ0v) is 20.0. The summed E-state index contributed by atoms with van der Waals surface area (Å²) in [5, 5.41) is 23.4. The van der Waals surface area contributed by atoms with Crippen molar-refractivity contribution in [2.75, 3.05) is 0 Å². The Morgan fingerprint density at radius 3 is 2.66 bits per heavy atom. The van der Waals surface area contributed by atoms with Crippen LogP contribution in [-0.4, -0.2) is 9.91 Å². The van der Waals surface area contributed by atoms with Crippen LogP contribution < -0.4 is 5.63 Å². The molecule has 0 fully saturated rings. The SMILES string of the molecule is N#CC(=Cc1ccc(-c2ccc([N+](=O)[O-])cc2)o1)c1nc(-c2cc3cc(Br)ccc3oc2=O)cs1. The number of rotatable bonds is 5. The zero-order valence-electron chi connectivity index (χ0n) is 17.6. The fourth-order valence-corrected chi connectivity index (χ4v) is 4.58. The second-order valence-corrected chi connectivity index (χ2v) is 9.12. The first-order valence-corrected chi connectivity index (χ1v) is 11.7. The molecule has 0 aliphatic rings. The van der Waals surface area contributed by atoms with Gasteiger partial charge in [0.2, 0.25) is 0 Å². The molecule has 3 aromatic heterocycles. The normalized spacial score (nSPS) is 11.5. The number of furan rings is 1. The number of halogens is 1. The summed E-state index contributed by atoms with van der Waals surface area (Å²) >= 11 is 4.63. The lowest BCUT2D eigenvalue weighted by Gasteiger charge is -2.00. The maximum absolute atomic E-state index is 12.5. The topological polar surface area (TPSA) is 123 Å². The smallest absolute Gasteiger partial charge is 0.345 e. The summed E-state index contributed by atoms with van der Waals surface area (Å²) in [7, 11) is 0. The van der Waals surface area contributed by atoms with Crippen LogP contribution in [0.2, 0.25) is 0 Å². The van der Waals surface area contributed by atoms with Crippen molar-refractivity contribution in [3.63, 3.8) is 0 Å². The van der Waals surface area contributed by atoms with Crippen LogP contribution in [0.3, 0.4) is 0 Å². The summed E-state index contributed by atoms with van der Waals surface area (Å²) in [5.74, 6) is 0.921. The minimum absolute atomic E-state index is 0.0140. The van der Waals surface area contributed by atoms with Crippen molar-refractivity contribution in [3.8, 4) is 28.7 Å². The number of hydrogen-bond acceptors (Lipinski definition) is 8. The van der Waals surface area contributed by atoms with Crippen molar-refractivity contribution in [3.05, 3.63) is 102 Å².